The first-order valence-corrected chi connectivity index (χ1v) is 7.22. The molecule has 0 unspecified atom stereocenters. The Hall–Kier alpha value is -0.810. The van der Waals surface area contributed by atoms with Crippen LogP contribution in [0.4, 0.5) is 0 Å². The number of aliphatic imine (C=N–C) groups is 1. The number of thioether (sulfide) groups is 1. The van der Waals surface area contributed by atoms with Gasteiger partial charge in [-0.15, -0.1) is 11.8 Å². The lowest BCUT2D eigenvalue weighted by Crippen LogP contribution is -2.44. The van der Waals surface area contributed by atoms with Crippen LogP contribution < -0.4 is 5.32 Å². The Morgan fingerprint density at radius 3 is 2.94 bits per heavy atom. The van der Waals surface area contributed by atoms with Crippen molar-refractivity contribution >= 4 is 23.2 Å². The van der Waals surface area contributed by atoms with Crippen LogP contribution in [-0.2, 0) is 4.79 Å². The zero-order valence-corrected chi connectivity index (χ0v) is 11.0. The third-order valence-corrected chi connectivity index (χ3v) is 3.86. The summed E-state index contributed by atoms with van der Waals surface area (Å²) in [7, 11) is 0. The van der Waals surface area contributed by atoms with E-state index >= 15 is 0 Å². The number of amides is 1. The number of likely N-dealkylation sites (tertiary alicyclic amines) is 1. The minimum atomic E-state index is -0.0171. The van der Waals surface area contributed by atoms with Crippen LogP contribution in [0.1, 0.15) is 19.8 Å². The van der Waals surface area contributed by atoms with E-state index in [1.165, 1.54) is 0 Å². The standard InChI is InChI=1S/C12H19N3OS/c1-2-15-6-3-10(4-7-15)14-12(16)11-5-8-17-9-13-11/h5,9-10H,2-4,6-8H2,1H3,(H,14,16). The Labute approximate surface area is 107 Å². The molecule has 2 heterocycles. The van der Waals surface area contributed by atoms with E-state index in [1.54, 1.807) is 17.3 Å². The molecule has 94 valence electrons. The SMILES string of the molecule is CCN1CCC(NC(=O)C2=CCSC=N2)CC1. The number of piperidine rings is 1. The summed E-state index contributed by atoms with van der Waals surface area (Å²) in [6.45, 7) is 5.45. The van der Waals surface area contributed by atoms with Crippen molar-refractivity contribution in [1.29, 1.82) is 0 Å². The highest BCUT2D eigenvalue weighted by Gasteiger charge is 2.21. The van der Waals surface area contributed by atoms with E-state index in [4.69, 9.17) is 0 Å². The molecule has 0 aromatic heterocycles. The van der Waals surface area contributed by atoms with Gasteiger partial charge in [0.2, 0.25) is 0 Å². The van der Waals surface area contributed by atoms with Crippen LogP contribution in [0.15, 0.2) is 16.8 Å². The van der Waals surface area contributed by atoms with Gasteiger partial charge in [-0.05, 0) is 25.5 Å². The Morgan fingerprint density at radius 1 is 1.59 bits per heavy atom. The fourth-order valence-corrected chi connectivity index (χ4v) is 2.65. The van der Waals surface area contributed by atoms with E-state index in [1.807, 2.05) is 6.08 Å². The second kappa shape index (κ2) is 6.21. The minimum absolute atomic E-state index is 0.0171. The third-order valence-electron chi connectivity index (χ3n) is 3.24. The molecule has 0 atom stereocenters. The van der Waals surface area contributed by atoms with E-state index < -0.39 is 0 Å². The van der Waals surface area contributed by atoms with Crippen molar-refractivity contribution in [3.63, 3.8) is 0 Å². The number of rotatable bonds is 3. The maximum Gasteiger partial charge on any atom is 0.269 e. The average molecular weight is 253 g/mol. The second-order valence-electron chi connectivity index (χ2n) is 4.34. The molecule has 4 nitrogen and oxygen atoms in total. The highest BCUT2D eigenvalue weighted by atomic mass is 32.2. The van der Waals surface area contributed by atoms with Crippen molar-refractivity contribution < 1.29 is 4.79 Å². The van der Waals surface area contributed by atoms with Crippen LogP contribution in [0.25, 0.3) is 0 Å². The maximum atomic E-state index is 11.9. The molecule has 0 bridgehead atoms. The van der Waals surface area contributed by atoms with Gasteiger partial charge in [0.05, 0.1) is 5.55 Å². The first-order valence-electron chi connectivity index (χ1n) is 6.17. The Morgan fingerprint density at radius 2 is 2.35 bits per heavy atom. The van der Waals surface area contributed by atoms with Crippen LogP contribution in [-0.4, -0.2) is 47.8 Å². The van der Waals surface area contributed by atoms with Crippen molar-refractivity contribution in [2.24, 2.45) is 4.99 Å². The fourth-order valence-electron chi connectivity index (χ4n) is 2.12. The second-order valence-corrected chi connectivity index (χ2v) is 5.22. The Kier molecular flexibility index (Phi) is 4.62. The monoisotopic (exact) mass is 253 g/mol. The van der Waals surface area contributed by atoms with Crippen LogP contribution in [0.2, 0.25) is 0 Å². The van der Waals surface area contributed by atoms with Crippen LogP contribution in [0.3, 0.4) is 0 Å². The van der Waals surface area contributed by atoms with Gasteiger partial charge in [-0.1, -0.05) is 6.92 Å². The van der Waals surface area contributed by atoms with Gasteiger partial charge in [0.1, 0.15) is 5.70 Å². The van der Waals surface area contributed by atoms with Crippen molar-refractivity contribution in [2.45, 2.75) is 25.8 Å². The van der Waals surface area contributed by atoms with Crippen molar-refractivity contribution in [2.75, 3.05) is 25.4 Å². The van der Waals surface area contributed by atoms with Gasteiger partial charge in [0.25, 0.3) is 5.91 Å². The number of hydrogen-bond donors (Lipinski definition) is 1. The van der Waals surface area contributed by atoms with E-state index in [2.05, 4.69) is 22.1 Å². The molecule has 0 aliphatic carbocycles. The van der Waals surface area contributed by atoms with Crippen molar-refractivity contribution in [3.05, 3.63) is 11.8 Å². The molecule has 0 saturated carbocycles. The molecule has 0 radical (unpaired) electrons. The summed E-state index contributed by atoms with van der Waals surface area (Å²) < 4.78 is 0. The van der Waals surface area contributed by atoms with Crippen LogP contribution in [0.5, 0.6) is 0 Å². The number of nitrogens with one attached hydrogen (secondary N) is 1. The topological polar surface area (TPSA) is 44.7 Å². The largest absolute Gasteiger partial charge is 0.348 e. The smallest absolute Gasteiger partial charge is 0.269 e. The first kappa shape index (κ1) is 12.6. The highest BCUT2D eigenvalue weighted by molar-refractivity contribution is 8.12. The maximum absolute atomic E-state index is 11.9. The van der Waals surface area contributed by atoms with Gasteiger partial charge in [-0.25, -0.2) is 4.99 Å². The summed E-state index contributed by atoms with van der Waals surface area (Å²) in [5.74, 6) is 0.831. The summed E-state index contributed by atoms with van der Waals surface area (Å²) in [5.41, 5.74) is 2.32. The lowest BCUT2D eigenvalue weighted by Gasteiger charge is -2.31. The zero-order chi connectivity index (χ0) is 12.1. The van der Waals surface area contributed by atoms with E-state index in [0.717, 1.165) is 38.2 Å². The number of carbonyl (C=O) groups excluding carboxylic acids is 1. The molecule has 17 heavy (non-hydrogen) atoms. The molecular weight excluding hydrogens is 234 g/mol. The summed E-state index contributed by atoms with van der Waals surface area (Å²) in [6, 6.07) is 0.316. The van der Waals surface area contributed by atoms with Gasteiger partial charge in [0.15, 0.2) is 0 Å². The third kappa shape index (κ3) is 3.57. The fraction of sp³-hybridized carbons (Fsp3) is 0.667. The Bertz CT molecular complexity index is 333. The predicted molar refractivity (Wildman–Crippen MR) is 72.3 cm³/mol. The van der Waals surface area contributed by atoms with Crippen LogP contribution in [0, 0.1) is 0 Å². The number of carbonyl (C=O) groups is 1. The molecule has 2 aliphatic heterocycles. The molecule has 2 rings (SSSR count). The number of nitrogens with zero attached hydrogens (tertiary/aromatic N) is 2. The van der Waals surface area contributed by atoms with Crippen molar-refractivity contribution in [3.8, 4) is 0 Å². The van der Waals surface area contributed by atoms with Gasteiger partial charge in [0, 0.05) is 24.9 Å². The first-order chi connectivity index (χ1) is 8.29. The molecule has 1 saturated heterocycles. The van der Waals surface area contributed by atoms with E-state index in [9.17, 15) is 4.79 Å². The molecule has 5 heteroatoms. The van der Waals surface area contributed by atoms with Gasteiger partial charge >= 0.3 is 0 Å². The summed E-state index contributed by atoms with van der Waals surface area (Å²) in [6.07, 6.45) is 3.98. The number of hydrogen-bond acceptors (Lipinski definition) is 4. The summed E-state index contributed by atoms with van der Waals surface area (Å²) in [5, 5.41) is 3.08. The van der Waals surface area contributed by atoms with E-state index in [0.29, 0.717) is 11.7 Å². The lowest BCUT2D eigenvalue weighted by atomic mass is 10.0. The molecule has 0 aromatic rings. The average Bonchev–Trinajstić information content (AvgIpc) is 2.40. The normalized spacial score (nSPS) is 22.3. The van der Waals surface area contributed by atoms with Crippen LogP contribution >= 0.6 is 11.8 Å². The van der Waals surface area contributed by atoms with Crippen molar-refractivity contribution in [1.82, 2.24) is 10.2 Å². The molecule has 0 aromatic carbocycles. The molecular formula is C12H19N3OS. The summed E-state index contributed by atoms with van der Waals surface area (Å²) >= 11 is 1.61. The quantitative estimate of drug-likeness (QED) is 0.823. The molecule has 2 aliphatic rings. The van der Waals surface area contributed by atoms with Gasteiger partial charge in [-0.3, -0.25) is 4.79 Å². The minimum Gasteiger partial charge on any atom is -0.348 e. The van der Waals surface area contributed by atoms with Gasteiger partial charge in [-0.2, -0.15) is 0 Å². The predicted octanol–water partition coefficient (Wildman–Crippen LogP) is 1.25. The molecule has 1 N–H and O–H groups in total. The van der Waals surface area contributed by atoms with E-state index in [-0.39, 0.29) is 5.91 Å². The molecule has 0 spiro atoms. The molecule has 1 amide bonds. The summed E-state index contributed by atoms with van der Waals surface area (Å²) in [4.78, 5) is 18.4. The highest BCUT2D eigenvalue weighted by Crippen LogP contribution is 2.13. The Balaban J connectivity index is 1.79. The van der Waals surface area contributed by atoms with Gasteiger partial charge < -0.3 is 10.2 Å². The lowest BCUT2D eigenvalue weighted by molar-refractivity contribution is -0.118. The molecule has 1 fully saturated rings. The zero-order valence-electron chi connectivity index (χ0n) is 10.2.